The zero-order valence-corrected chi connectivity index (χ0v) is 16.5. The van der Waals surface area contributed by atoms with Gasteiger partial charge in [0, 0.05) is 12.6 Å². The van der Waals surface area contributed by atoms with Gasteiger partial charge in [-0.25, -0.2) is 14.4 Å². The Kier molecular flexibility index (Phi) is 4.79. The van der Waals surface area contributed by atoms with Crippen LogP contribution in [0.2, 0.25) is 0 Å². The summed E-state index contributed by atoms with van der Waals surface area (Å²) in [5.41, 5.74) is -0.961. The monoisotopic (exact) mass is 447 g/mol. The van der Waals surface area contributed by atoms with Crippen molar-refractivity contribution in [1.82, 2.24) is 29.9 Å². The van der Waals surface area contributed by atoms with Crippen molar-refractivity contribution in [3.8, 4) is 5.69 Å². The number of amides is 1. The first kappa shape index (κ1) is 20.3. The van der Waals surface area contributed by atoms with E-state index in [1.807, 2.05) is 0 Å². The van der Waals surface area contributed by atoms with Crippen molar-refractivity contribution in [3.63, 3.8) is 0 Å². The van der Waals surface area contributed by atoms with E-state index in [1.165, 1.54) is 29.3 Å². The minimum Gasteiger partial charge on any atom is -0.364 e. The van der Waals surface area contributed by atoms with Crippen molar-refractivity contribution in [3.05, 3.63) is 60.1 Å². The molecule has 1 N–H and O–H groups in total. The number of piperidine rings is 1. The van der Waals surface area contributed by atoms with Gasteiger partial charge in [0.2, 0.25) is 0 Å². The minimum atomic E-state index is -4.57. The molecule has 32 heavy (non-hydrogen) atoms. The molecule has 1 saturated heterocycles. The number of carbonyl (C=O) groups excluding carboxylic acids is 1. The van der Waals surface area contributed by atoms with E-state index in [1.54, 1.807) is 11.0 Å². The summed E-state index contributed by atoms with van der Waals surface area (Å²) in [5, 5.41) is 11.1. The lowest BCUT2D eigenvalue weighted by molar-refractivity contribution is -0.141. The van der Waals surface area contributed by atoms with Crippen LogP contribution in [0.3, 0.4) is 0 Å². The zero-order chi connectivity index (χ0) is 22.5. The van der Waals surface area contributed by atoms with E-state index in [0.29, 0.717) is 19.2 Å². The minimum absolute atomic E-state index is 0.121. The van der Waals surface area contributed by atoms with Crippen molar-refractivity contribution < 1.29 is 22.4 Å². The van der Waals surface area contributed by atoms with Crippen molar-refractivity contribution in [2.75, 3.05) is 11.9 Å². The van der Waals surface area contributed by atoms with Gasteiger partial charge in [0.15, 0.2) is 5.69 Å². The summed E-state index contributed by atoms with van der Waals surface area (Å²) in [6.07, 6.45) is 1.43. The van der Waals surface area contributed by atoms with Gasteiger partial charge in [-0.3, -0.25) is 4.79 Å². The van der Waals surface area contributed by atoms with Gasteiger partial charge in [-0.2, -0.15) is 28.2 Å². The molecule has 1 saturated carbocycles. The molecule has 1 aromatic carbocycles. The molecule has 0 spiro atoms. The molecule has 2 unspecified atom stereocenters. The molecule has 3 heterocycles. The van der Waals surface area contributed by atoms with E-state index in [0.717, 1.165) is 12.6 Å². The summed E-state index contributed by atoms with van der Waals surface area (Å²) >= 11 is 0. The fourth-order valence-electron chi connectivity index (χ4n) is 4.53. The number of rotatable bonds is 4. The first-order chi connectivity index (χ1) is 15.3. The molecule has 2 aromatic heterocycles. The second kappa shape index (κ2) is 7.53. The first-order valence-electron chi connectivity index (χ1n) is 9.93. The third-order valence-electron chi connectivity index (χ3n) is 5.86. The molecule has 166 valence electrons. The molecule has 8 nitrogen and oxygen atoms in total. The number of nitrogens with one attached hydrogen (secondary N) is 1. The average molecular weight is 447 g/mol. The van der Waals surface area contributed by atoms with Crippen LogP contribution >= 0.6 is 0 Å². The van der Waals surface area contributed by atoms with E-state index in [9.17, 15) is 22.4 Å². The van der Waals surface area contributed by atoms with Crippen LogP contribution < -0.4 is 5.32 Å². The molecule has 1 aliphatic heterocycles. The van der Waals surface area contributed by atoms with Gasteiger partial charge in [0.1, 0.15) is 22.9 Å². The maximum atomic E-state index is 14.7. The Balaban J connectivity index is 1.37. The summed E-state index contributed by atoms with van der Waals surface area (Å²) in [6.45, 7) is 0.473. The molecular formula is C20H17F4N7O. The largest absolute Gasteiger partial charge is 0.434 e. The second-order valence-electron chi connectivity index (χ2n) is 7.85. The Labute approximate surface area is 179 Å². The molecule has 3 aromatic rings. The van der Waals surface area contributed by atoms with Crippen LogP contribution in [0.5, 0.6) is 0 Å². The van der Waals surface area contributed by atoms with Crippen molar-refractivity contribution in [2.24, 2.45) is 5.92 Å². The third kappa shape index (κ3) is 3.55. The molecule has 5 rings (SSSR count). The Morgan fingerprint density at radius 3 is 2.53 bits per heavy atom. The standard InChI is InChI=1S/C20H17F4N7O/c21-12-2-1-3-14(31-27-4-5-28-31)18(12)19(32)30-10-11-6-13(15(30)7-11)29-17-9-25-16(8-26-17)20(22,23)24/h1-5,8-9,11,13,15H,6-7,10H2,(H,26,29)/t11?,13-,15?/m0/s1. The molecule has 12 heteroatoms. The molecule has 2 bridgehead atoms. The SMILES string of the molecule is O=C(c1c(F)cccc1-n1nccn1)N1CC2CC1[C@@H](Nc1cnc(C(F)(F)F)cn1)C2. The highest BCUT2D eigenvalue weighted by Gasteiger charge is 2.48. The summed E-state index contributed by atoms with van der Waals surface area (Å²) in [6, 6.07) is 3.77. The Morgan fingerprint density at radius 1 is 1.09 bits per heavy atom. The number of halogens is 4. The Morgan fingerprint density at radius 2 is 1.88 bits per heavy atom. The van der Waals surface area contributed by atoms with E-state index in [-0.39, 0.29) is 35.1 Å². The average Bonchev–Trinajstić information content (AvgIpc) is 3.50. The van der Waals surface area contributed by atoms with Crippen molar-refractivity contribution >= 4 is 11.7 Å². The van der Waals surface area contributed by atoms with Crippen LogP contribution in [0.4, 0.5) is 23.4 Å². The van der Waals surface area contributed by atoms with Crippen LogP contribution in [-0.2, 0) is 6.18 Å². The van der Waals surface area contributed by atoms with Crippen molar-refractivity contribution in [2.45, 2.75) is 31.1 Å². The molecule has 0 radical (unpaired) electrons. The number of anilines is 1. The summed E-state index contributed by atoms with van der Waals surface area (Å²) in [4.78, 5) is 23.4. The number of aromatic nitrogens is 5. The lowest BCUT2D eigenvalue weighted by Gasteiger charge is -2.34. The van der Waals surface area contributed by atoms with Gasteiger partial charge >= 0.3 is 6.18 Å². The van der Waals surface area contributed by atoms with Crippen LogP contribution in [-0.4, -0.2) is 54.4 Å². The quantitative estimate of drug-likeness (QED) is 0.619. The number of likely N-dealkylation sites (tertiary alicyclic amines) is 1. The van der Waals surface area contributed by atoms with Crippen molar-refractivity contribution in [1.29, 1.82) is 0 Å². The van der Waals surface area contributed by atoms with Crippen LogP contribution in [0.15, 0.2) is 43.0 Å². The molecule has 1 aliphatic carbocycles. The lowest BCUT2D eigenvalue weighted by Crippen LogP contribution is -2.48. The molecular weight excluding hydrogens is 430 g/mol. The fourth-order valence-corrected chi connectivity index (χ4v) is 4.53. The number of benzene rings is 1. The second-order valence-corrected chi connectivity index (χ2v) is 7.85. The molecule has 3 atom stereocenters. The Hall–Kier alpha value is -3.57. The van der Waals surface area contributed by atoms with Gasteiger partial charge in [0.25, 0.3) is 5.91 Å². The van der Waals surface area contributed by atoms with Gasteiger partial charge in [0.05, 0.1) is 30.8 Å². The number of nitrogens with zero attached hydrogens (tertiary/aromatic N) is 6. The summed E-state index contributed by atoms with van der Waals surface area (Å²) < 4.78 is 52.8. The van der Waals surface area contributed by atoms with Crippen LogP contribution in [0, 0.1) is 11.7 Å². The van der Waals surface area contributed by atoms with Gasteiger partial charge in [-0.05, 0) is 30.9 Å². The van der Waals surface area contributed by atoms with E-state index in [4.69, 9.17) is 0 Å². The van der Waals surface area contributed by atoms with Crippen LogP contribution in [0.25, 0.3) is 5.69 Å². The summed E-state index contributed by atoms with van der Waals surface area (Å²) in [5.74, 6) is -0.768. The number of hydrogen-bond acceptors (Lipinski definition) is 6. The van der Waals surface area contributed by atoms with E-state index < -0.39 is 23.6 Å². The normalized spacial score (nSPS) is 22.4. The highest BCUT2D eigenvalue weighted by Crippen LogP contribution is 2.40. The molecule has 2 aliphatic rings. The Bertz CT molecular complexity index is 1130. The predicted molar refractivity (Wildman–Crippen MR) is 103 cm³/mol. The molecule has 2 fully saturated rings. The number of carbonyl (C=O) groups is 1. The van der Waals surface area contributed by atoms with Gasteiger partial charge in [-0.1, -0.05) is 6.07 Å². The zero-order valence-electron chi connectivity index (χ0n) is 16.5. The summed E-state index contributed by atoms with van der Waals surface area (Å²) in [7, 11) is 0. The third-order valence-corrected chi connectivity index (χ3v) is 5.86. The van der Waals surface area contributed by atoms with E-state index >= 15 is 0 Å². The van der Waals surface area contributed by atoms with Gasteiger partial charge in [-0.15, -0.1) is 0 Å². The smallest absolute Gasteiger partial charge is 0.364 e. The van der Waals surface area contributed by atoms with E-state index in [2.05, 4.69) is 25.5 Å². The fraction of sp³-hybridized carbons (Fsp3) is 0.350. The first-order valence-corrected chi connectivity index (χ1v) is 9.93. The highest BCUT2D eigenvalue weighted by atomic mass is 19.4. The highest BCUT2D eigenvalue weighted by molar-refractivity contribution is 5.98. The van der Waals surface area contributed by atoms with Crippen LogP contribution in [0.1, 0.15) is 28.9 Å². The maximum absolute atomic E-state index is 14.7. The van der Waals surface area contributed by atoms with Gasteiger partial charge < -0.3 is 10.2 Å². The number of fused-ring (bicyclic) bond motifs is 2. The predicted octanol–water partition coefficient (Wildman–Crippen LogP) is 2.93. The topological polar surface area (TPSA) is 88.8 Å². The lowest BCUT2D eigenvalue weighted by atomic mass is 10.0. The number of alkyl halides is 3. The number of hydrogen-bond donors (Lipinski definition) is 1. The molecule has 1 amide bonds. The maximum Gasteiger partial charge on any atom is 0.434 e.